The van der Waals surface area contributed by atoms with E-state index in [9.17, 15) is 40.9 Å². The maximum absolute atomic E-state index is 10.9. The summed E-state index contributed by atoms with van der Waals surface area (Å²) in [6, 6.07) is 0. The van der Waals surface area contributed by atoms with Crippen molar-refractivity contribution in [2.45, 2.75) is 131 Å². The Bertz CT molecular complexity index is 1690. The summed E-state index contributed by atoms with van der Waals surface area (Å²) in [5.74, 6) is -2.58. The second kappa shape index (κ2) is 19.6. The highest BCUT2D eigenvalue weighted by Gasteiger charge is 2.58. The summed E-state index contributed by atoms with van der Waals surface area (Å²) in [7, 11) is 1.57. The van der Waals surface area contributed by atoms with Crippen molar-refractivity contribution in [2.75, 3.05) is 26.2 Å². The second-order valence-electron chi connectivity index (χ2n) is 13.8. The second-order valence-corrected chi connectivity index (χ2v) is 14.6. The molecule has 57 heavy (non-hydrogen) atoms. The lowest BCUT2D eigenvalue weighted by molar-refractivity contribution is -0.358. The Morgan fingerprint density at radius 1 is 0.719 bits per heavy atom. The van der Waals surface area contributed by atoms with Gasteiger partial charge in [0, 0.05) is 13.7 Å². The third-order valence-corrected chi connectivity index (χ3v) is 10.6. The third-order valence-electron chi connectivity index (χ3n) is 9.66. The first-order valence-corrected chi connectivity index (χ1v) is 18.9. The van der Waals surface area contributed by atoms with Crippen LogP contribution in [0.25, 0.3) is 0 Å². The van der Waals surface area contributed by atoms with Crippen LogP contribution in [0, 0.1) is 0 Å². The van der Waals surface area contributed by atoms with Crippen LogP contribution in [0.3, 0.4) is 0 Å². The van der Waals surface area contributed by atoms with Crippen LogP contribution in [0.15, 0.2) is 18.6 Å². The average molecular weight is 857 g/mol. The third kappa shape index (κ3) is 10.2. The Morgan fingerprint density at radius 3 is 1.96 bits per heavy atom. The minimum absolute atomic E-state index is 0.0122. The summed E-state index contributed by atoms with van der Waals surface area (Å²) in [4.78, 5) is 0. The fourth-order valence-corrected chi connectivity index (χ4v) is 7.02. The molecule has 3 aliphatic heterocycles. The molecule has 3 aromatic heterocycles. The van der Waals surface area contributed by atoms with Gasteiger partial charge in [-0.2, -0.15) is 0 Å². The lowest BCUT2D eigenvalue weighted by Crippen LogP contribution is -2.61. The van der Waals surface area contributed by atoms with Crippen LogP contribution in [-0.2, 0) is 72.6 Å². The molecule has 0 aromatic carbocycles. The molecule has 0 unspecified atom stereocenters. The number of nitrogens with zero attached hydrogens (tertiary/aromatic N) is 9. The number of halogens is 2. The van der Waals surface area contributed by atoms with Crippen molar-refractivity contribution in [1.82, 2.24) is 45.0 Å². The fourth-order valence-electron chi connectivity index (χ4n) is 6.45. The molecule has 0 bridgehead atoms. The zero-order valence-corrected chi connectivity index (χ0v) is 32.0. The van der Waals surface area contributed by atoms with Gasteiger partial charge in [-0.1, -0.05) is 15.6 Å². The Kier molecular flexibility index (Phi) is 15.1. The molecular formula is C31H47Cl2N9O15. The van der Waals surface area contributed by atoms with Crippen LogP contribution in [-0.4, -0.2) is 197 Å². The van der Waals surface area contributed by atoms with E-state index in [2.05, 4.69) is 30.9 Å². The smallest absolute Gasteiger partial charge is 0.214 e. The number of aliphatic hydroxyl groups is 8. The summed E-state index contributed by atoms with van der Waals surface area (Å²) in [5, 5.41) is 107. The quantitative estimate of drug-likeness (QED) is 0.0526. The number of methoxy groups -OCH3 is 1. The first-order chi connectivity index (χ1) is 27.4. The average Bonchev–Trinajstić information content (AvgIpc) is 4.02. The molecule has 0 amide bonds. The number of alkyl halides is 2. The van der Waals surface area contributed by atoms with Crippen molar-refractivity contribution < 1.29 is 74.0 Å². The Balaban J connectivity index is 0.945. The van der Waals surface area contributed by atoms with E-state index in [-0.39, 0.29) is 39.3 Å². The summed E-state index contributed by atoms with van der Waals surface area (Å²) in [6.45, 7) is 0.477. The molecule has 0 aliphatic carbocycles. The zero-order valence-electron chi connectivity index (χ0n) is 30.5. The molecule has 6 rings (SSSR count). The maximum Gasteiger partial charge on any atom is 0.214 e. The van der Waals surface area contributed by atoms with Crippen molar-refractivity contribution in [3.63, 3.8) is 0 Å². The van der Waals surface area contributed by atoms with Gasteiger partial charge in [0.1, 0.15) is 72.0 Å². The zero-order chi connectivity index (χ0) is 40.9. The van der Waals surface area contributed by atoms with E-state index in [0.717, 1.165) is 0 Å². The van der Waals surface area contributed by atoms with E-state index in [1.165, 1.54) is 15.6 Å². The number of aryl methyl sites for hydroxylation is 1. The van der Waals surface area contributed by atoms with Gasteiger partial charge in [0.2, 0.25) is 5.79 Å². The van der Waals surface area contributed by atoms with Gasteiger partial charge in [0.25, 0.3) is 0 Å². The summed E-state index contributed by atoms with van der Waals surface area (Å²) in [5.41, 5.74) is 1.36. The van der Waals surface area contributed by atoms with Gasteiger partial charge in [-0.15, -0.1) is 38.5 Å². The summed E-state index contributed by atoms with van der Waals surface area (Å²) >= 11 is 12.1. The predicted octanol–water partition coefficient (Wildman–Crippen LogP) is -4.64. The maximum atomic E-state index is 10.9. The summed E-state index contributed by atoms with van der Waals surface area (Å²) in [6.07, 6.45) is -11.9. The Hall–Kier alpha value is -2.60. The molecule has 24 nitrogen and oxygen atoms in total. The molecule has 0 radical (unpaired) electrons. The van der Waals surface area contributed by atoms with Crippen molar-refractivity contribution in [3.8, 4) is 0 Å². The lowest BCUT2D eigenvalue weighted by Gasteiger charge is -2.43. The Morgan fingerprint density at radius 2 is 1.32 bits per heavy atom. The van der Waals surface area contributed by atoms with E-state index in [1.54, 1.807) is 24.2 Å². The molecule has 0 saturated carbocycles. The number of aromatic nitrogens is 9. The van der Waals surface area contributed by atoms with Crippen LogP contribution in [0.4, 0.5) is 0 Å². The standard InChI is InChI=1S/C31H47Cl2N9O15/c1-51-5-4-41-7-17(36-38-41)13-53-29-27(49)25(47)22(44)18(54-29)2-3-40-6-15(34-37-40)11-52-12-16-8-42(39-35-16)9-19-23(45)28(50)31(14-32,56-19)57-30-26(48)24(46)21(33)20(10-43)55-30/h6-8,18-30,43-50H,2-5,9-14H2,1H3/t18-,19-,20-,21+,22-,23-,24+,25+,26-,27+,28+,29+,30-,31+/m1/s1. The SMILES string of the molecule is COCCn1cc(CO[C@H]2O[C@H](CCn3cc(COCc4cn(C[C@H]5O[C@@](CCl)(O[C@H]6O[C@H](CO)[C@H](Cl)[C@H](O)[C@H]6O)[C@@H](O)[C@@H]5O)nn4)nn3)[C@@H](O)[C@H](O)[C@@H]2O)nn1. The van der Waals surface area contributed by atoms with E-state index in [0.29, 0.717) is 30.2 Å². The molecule has 3 saturated heterocycles. The number of ether oxygens (including phenoxy) is 7. The minimum atomic E-state index is -2.07. The number of rotatable bonds is 19. The molecule has 6 heterocycles. The van der Waals surface area contributed by atoms with Gasteiger partial charge in [0.15, 0.2) is 12.6 Å². The number of hydrogen-bond donors (Lipinski definition) is 8. The highest BCUT2D eigenvalue weighted by Crippen LogP contribution is 2.38. The molecule has 320 valence electrons. The molecule has 8 N–H and O–H groups in total. The monoisotopic (exact) mass is 855 g/mol. The predicted molar refractivity (Wildman–Crippen MR) is 185 cm³/mol. The Labute approximate surface area is 334 Å². The molecule has 3 aromatic rings. The van der Waals surface area contributed by atoms with E-state index in [4.69, 9.17) is 56.4 Å². The van der Waals surface area contributed by atoms with Gasteiger partial charge in [-0.3, -0.25) is 4.68 Å². The van der Waals surface area contributed by atoms with Crippen molar-refractivity contribution in [1.29, 1.82) is 0 Å². The molecule has 26 heteroatoms. The van der Waals surface area contributed by atoms with E-state index in [1.807, 2.05) is 0 Å². The molecular weight excluding hydrogens is 809 g/mol. The first-order valence-electron chi connectivity index (χ1n) is 18.0. The van der Waals surface area contributed by atoms with Gasteiger partial charge < -0.3 is 74.0 Å². The van der Waals surface area contributed by atoms with Crippen LogP contribution in [0.1, 0.15) is 23.5 Å². The van der Waals surface area contributed by atoms with Crippen LogP contribution in [0.2, 0.25) is 0 Å². The molecule has 0 spiro atoms. The fraction of sp³-hybridized carbons (Fsp3) is 0.806. The van der Waals surface area contributed by atoms with Crippen molar-refractivity contribution in [2.24, 2.45) is 0 Å². The largest absolute Gasteiger partial charge is 0.394 e. The van der Waals surface area contributed by atoms with Gasteiger partial charge in [0.05, 0.1) is 82.1 Å². The van der Waals surface area contributed by atoms with E-state index >= 15 is 0 Å². The van der Waals surface area contributed by atoms with Gasteiger partial charge in [-0.25, -0.2) is 9.36 Å². The van der Waals surface area contributed by atoms with Crippen molar-refractivity contribution >= 4 is 23.2 Å². The number of hydrogen-bond acceptors (Lipinski definition) is 21. The summed E-state index contributed by atoms with van der Waals surface area (Å²) < 4.78 is 43.7. The van der Waals surface area contributed by atoms with E-state index < -0.39 is 97.3 Å². The highest BCUT2D eigenvalue weighted by atomic mass is 35.5. The molecule has 3 aliphatic rings. The first kappa shape index (κ1) is 44.0. The van der Waals surface area contributed by atoms with Gasteiger partial charge in [-0.05, 0) is 6.42 Å². The number of aliphatic hydroxyl groups excluding tert-OH is 8. The van der Waals surface area contributed by atoms with Crippen LogP contribution in [0.5, 0.6) is 0 Å². The highest BCUT2D eigenvalue weighted by molar-refractivity contribution is 6.21. The van der Waals surface area contributed by atoms with Crippen molar-refractivity contribution in [3.05, 3.63) is 35.7 Å². The van der Waals surface area contributed by atoms with Crippen LogP contribution >= 0.6 is 23.2 Å². The minimum Gasteiger partial charge on any atom is -0.394 e. The lowest BCUT2D eigenvalue weighted by atomic mass is 9.97. The molecule has 14 atom stereocenters. The van der Waals surface area contributed by atoms with Gasteiger partial charge >= 0.3 is 0 Å². The normalized spacial score (nSPS) is 35.9. The topological polar surface area (TPSA) is 319 Å². The van der Waals surface area contributed by atoms with Crippen LogP contribution < -0.4 is 0 Å². The molecule has 3 fully saturated rings.